The Bertz CT molecular complexity index is 1230. The summed E-state index contributed by atoms with van der Waals surface area (Å²) in [6.45, 7) is 26.6. The second kappa shape index (κ2) is 13.7. The molecule has 0 bridgehead atoms. The summed E-state index contributed by atoms with van der Waals surface area (Å²) in [5.41, 5.74) is 4.10. The quantitative estimate of drug-likeness (QED) is 0.302. The van der Waals surface area contributed by atoms with Gasteiger partial charge in [-0.2, -0.15) is 5.10 Å². The molecular formula is C36H56N6. The summed E-state index contributed by atoms with van der Waals surface area (Å²) in [5, 5.41) is 9.27. The highest BCUT2D eigenvalue weighted by Crippen LogP contribution is 2.38. The van der Waals surface area contributed by atoms with Crippen molar-refractivity contribution in [1.82, 2.24) is 24.9 Å². The van der Waals surface area contributed by atoms with Gasteiger partial charge in [-0.05, 0) is 98.6 Å². The van der Waals surface area contributed by atoms with Crippen LogP contribution in [0, 0.1) is 23.7 Å². The highest BCUT2D eigenvalue weighted by molar-refractivity contribution is 5.92. The van der Waals surface area contributed by atoms with E-state index in [2.05, 4.69) is 85.8 Å². The molecule has 2 aliphatic heterocycles. The number of aryl methyl sites for hydroxylation is 1. The number of hydrogen-bond donors (Lipinski definition) is 1. The summed E-state index contributed by atoms with van der Waals surface area (Å²) in [5.74, 6) is 5.48. The third-order valence-electron chi connectivity index (χ3n) is 10.6. The molecule has 3 fully saturated rings. The van der Waals surface area contributed by atoms with Gasteiger partial charge in [-0.15, -0.1) is 0 Å². The molecule has 42 heavy (non-hydrogen) atoms. The number of rotatable bonds is 11. The maximum atomic E-state index is 4.93. The number of nitrogens with zero attached hydrogens (tertiary/aromatic N) is 5. The number of piperidine rings is 2. The van der Waals surface area contributed by atoms with Crippen LogP contribution in [0.15, 0.2) is 55.7 Å². The molecule has 0 amide bonds. The molecule has 1 aromatic carbocycles. The number of likely N-dealkylation sites (tertiary alicyclic amines) is 2. The first-order chi connectivity index (χ1) is 20.3. The number of fused-ring (bicyclic) bond motifs is 1. The largest absolute Gasteiger partial charge is 0.375 e. The van der Waals surface area contributed by atoms with Gasteiger partial charge in [-0.1, -0.05) is 59.4 Å². The number of aromatic nitrogens is 2. The van der Waals surface area contributed by atoms with E-state index in [4.69, 9.17) is 5.10 Å². The average Bonchev–Trinajstić information content (AvgIpc) is 3.31. The Hall–Kier alpha value is -2.73. The van der Waals surface area contributed by atoms with Crippen molar-refractivity contribution in [3.05, 3.63) is 61.2 Å². The van der Waals surface area contributed by atoms with Gasteiger partial charge in [-0.3, -0.25) is 4.68 Å². The van der Waals surface area contributed by atoms with Crippen LogP contribution in [0.3, 0.4) is 0 Å². The van der Waals surface area contributed by atoms with Gasteiger partial charge in [0.25, 0.3) is 0 Å². The molecule has 2 atom stereocenters. The van der Waals surface area contributed by atoms with Crippen LogP contribution in [0.2, 0.25) is 0 Å². The van der Waals surface area contributed by atoms with E-state index in [0.29, 0.717) is 11.8 Å². The predicted molar refractivity (Wildman–Crippen MR) is 178 cm³/mol. The molecule has 2 aromatic rings. The third kappa shape index (κ3) is 6.74. The van der Waals surface area contributed by atoms with Gasteiger partial charge >= 0.3 is 0 Å². The molecule has 6 heteroatoms. The lowest BCUT2D eigenvalue weighted by Gasteiger charge is -2.42. The van der Waals surface area contributed by atoms with Gasteiger partial charge in [-0.25, -0.2) is 0 Å². The average molecular weight is 573 g/mol. The van der Waals surface area contributed by atoms with Crippen LogP contribution in [0.5, 0.6) is 0 Å². The fourth-order valence-corrected chi connectivity index (χ4v) is 7.99. The number of benzene rings is 1. The van der Waals surface area contributed by atoms with E-state index in [1.807, 2.05) is 4.68 Å². The summed E-state index contributed by atoms with van der Waals surface area (Å²) >= 11 is 0. The fraction of sp³-hybridized carbons (Fsp3) is 0.639. The first-order valence-electron chi connectivity index (χ1n) is 16.8. The van der Waals surface area contributed by atoms with Crippen LogP contribution in [0.25, 0.3) is 10.9 Å². The number of hydrogen-bond acceptors (Lipinski definition) is 5. The highest BCUT2D eigenvalue weighted by Gasteiger charge is 2.31. The third-order valence-corrected chi connectivity index (χ3v) is 10.6. The number of allylic oxidation sites excluding steroid dienone is 1. The number of anilines is 1. The van der Waals surface area contributed by atoms with Gasteiger partial charge < -0.3 is 20.0 Å². The van der Waals surface area contributed by atoms with Gasteiger partial charge in [0.05, 0.1) is 5.52 Å². The molecule has 6 nitrogen and oxygen atoms in total. The minimum Gasteiger partial charge on any atom is -0.375 e. The highest BCUT2D eigenvalue weighted by atomic mass is 15.4. The summed E-state index contributed by atoms with van der Waals surface area (Å²) in [6, 6.07) is 7.03. The molecule has 1 aliphatic carbocycles. The van der Waals surface area contributed by atoms with Crippen LogP contribution in [0.1, 0.15) is 83.6 Å². The lowest BCUT2D eigenvalue weighted by Crippen LogP contribution is -2.44. The van der Waals surface area contributed by atoms with Crippen LogP contribution < -0.4 is 10.2 Å². The second-order valence-corrected chi connectivity index (χ2v) is 13.7. The predicted octanol–water partition coefficient (Wildman–Crippen LogP) is 7.47. The van der Waals surface area contributed by atoms with Gasteiger partial charge in [0.2, 0.25) is 0 Å². The van der Waals surface area contributed by atoms with Gasteiger partial charge in [0.15, 0.2) is 5.82 Å². The molecule has 1 N–H and O–H groups in total. The molecule has 2 unspecified atom stereocenters. The maximum Gasteiger partial charge on any atom is 0.164 e. The molecular weight excluding hydrogens is 516 g/mol. The minimum absolute atomic E-state index is 0.594. The van der Waals surface area contributed by atoms with Crippen molar-refractivity contribution in [1.29, 1.82) is 0 Å². The zero-order valence-corrected chi connectivity index (χ0v) is 27.0. The molecule has 2 saturated heterocycles. The number of nitrogens with one attached hydrogen (secondary N) is 1. The second-order valence-electron chi connectivity index (χ2n) is 13.7. The van der Waals surface area contributed by atoms with E-state index in [1.165, 1.54) is 99.8 Å². The molecule has 5 rings (SSSR count). The molecule has 3 heterocycles. The summed E-state index contributed by atoms with van der Waals surface area (Å²) in [4.78, 5) is 7.57. The van der Waals surface area contributed by atoms with Crippen molar-refractivity contribution in [3.8, 4) is 0 Å². The maximum absolute atomic E-state index is 4.93. The Labute approximate surface area is 255 Å². The lowest BCUT2D eigenvalue weighted by molar-refractivity contribution is 0.111. The smallest absolute Gasteiger partial charge is 0.164 e. The Morgan fingerprint density at radius 3 is 2.45 bits per heavy atom. The molecule has 0 radical (unpaired) electrons. The zero-order valence-electron chi connectivity index (χ0n) is 27.0. The SMILES string of the molecule is C=CNC(=C)N(CCC)c1nn(C)c2cc(C3CCN(CC4CCN(C(=C)C5CCC(C)CC5)CC4)CC3C)ccc12. The minimum atomic E-state index is 0.594. The van der Waals surface area contributed by atoms with Crippen LogP contribution in [0.4, 0.5) is 5.82 Å². The van der Waals surface area contributed by atoms with E-state index in [9.17, 15) is 0 Å². The van der Waals surface area contributed by atoms with E-state index in [-0.39, 0.29) is 0 Å². The lowest BCUT2D eigenvalue weighted by atomic mass is 9.80. The fourth-order valence-electron chi connectivity index (χ4n) is 7.99. The first kappa shape index (κ1) is 30.7. The molecule has 1 aromatic heterocycles. The summed E-state index contributed by atoms with van der Waals surface area (Å²) in [7, 11) is 2.06. The molecule has 1 saturated carbocycles. The van der Waals surface area contributed by atoms with Gasteiger partial charge in [0.1, 0.15) is 5.82 Å². The zero-order chi connectivity index (χ0) is 29.8. The van der Waals surface area contributed by atoms with E-state index < -0.39 is 0 Å². The van der Waals surface area contributed by atoms with Crippen molar-refractivity contribution >= 4 is 16.7 Å². The topological polar surface area (TPSA) is 39.6 Å². The van der Waals surface area contributed by atoms with Crippen molar-refractivity contribution in [3.63, 3.8) is 0 Å². The van der Waals surface area contributed by atoms with Crippen LogP contribution >= 0.6 is 0 Å². The first-order valence-corrected chi connectivity index (χ1v) is 16.8. The van der Waals surface area contributed by atoms with Gasteiger partial charge in [0, 0.05) is 50.9 Å². The molecule has 3 aliphatic rings. The van der Waals surface area contributed by atoms with Crippen molar-refractivity contribution in [2.45, 2.75) is 78.1 Å². The van der Waals surface area contributed by atoms with Crippen molar-refractivity contribution in [2.24, 2.45) is 30.7 Å². The molecule has 0 spiro atoms. The Kier molecular flexibility index (Phi) is 10.0. The Morgan fingerprint density at radius 1 is 1.05 bits per heavy atom. The monoisotopic (exact) mass is 572 g/mol. The normalized spacial score (nSPS) is 25.9. The molecule has 230 valence electrons. The van der Waals surface area contributed by atoms with Crippen LogP contribution in [-0.2, 0) is 7.05 Å². The Balaban J connectivity index is 1.16. The van der Waals surface area contributed by atoms with Crippen molar-refractivity contribution < 1.29 is 0 Å². The standard InChI is InChI=1S/C36H56N6/c1-8-19-42(29(6)37-9-2)36-34-15-14-32(23-35(34)39(7)38-36)33-18-20-40(24-27(33)4)25-30-16-21-41(22-17-30)28(5)31-12-10-26(3)11-13-31/h9,14-15,23,26-27,30-31,33,37H,2,5-6,8,10-13,16-22,24-25H2,1,3-4,7H3. The van der Waals surface area contributed by atoms with Crippen molar-refractivity contribution in [2.75, 3.05) is 44.2 Å². The van der Waals surface area contributed by atoms with E-state index >= 15 is 0 Å². The van der Waals surface area contributed by atoms with E-state index in [1.54, 1.807) is 6.20 Å². The Morgan fingerprint density at radius 2 is 1.79 bits per heavy atom. The summed E-state index contributed by atoms with van der Waals surface area (Å²) in [6.07, 6.45) is 12.0. The van der Waals surface area contributed by atoms with Crippen LogP contribution in [-0.4, -0.2) is 58.8 Å². The summed E-state index contributed by atoms with van der Waals surface area (Å²) < 4.78 is 2.04. The van der Waals surface area contributed by atoms with E-state index in [0.717, 1.165) is 42.4 Å².